The van der Waals surface area contributed by atoms with Gasteiger partial charge in [-0.25, -0.2) is 14.6 Å². The van der Waals surface area contributed by atoms with E-state index >= 15 is 0 Å². The summed E-state index contributed by atoms with van der Waals surface area (Å²) in [6.45, 7) is 5.25. The lowest BCUT2D eigenvalue weighted by Crippen LogP contribution is -2.55. The van der Waals surface area contributed by atoms with Crippen LogP contribution in [0, 0.1) is 0 Å². The number of rotatable bonds is 3. The third-order valence-corrected chi connectivity index (χ3v) is 11.0. The zero-order valence-corrected chi connectivity index (χ0v) is 25.2. The summed E-state index contributed by atoms with van der Waals surface area (Å²) in [6.07, 6.45) is 8.89. The van der Waals surface area contributed by atoms with Gasteiger partial charge in [0.15, 0.2) is 28.7 Å². The van der Waals surface area contributed by atoms with E-state index in [1.54, 1.807) is 0 Å². The van der Waals surface area contributed by atoms with Crippen molar-refractivity contribution in [3.63, 3.8) is 0 Å². The number of anilines is 2. The average Bonchev–Trinajstić information content (AvgIpc) is 3.69. The van der Waals surface area contributed by atoms with E-state index in [1.807, 2.05) is 16.5 Å². The maximum atomic E-state index is 13.6. The molecule has 2 aliphatic carbocycles. The van der Waals surface area contributed by atoms with Gasteiger partial charge >= 0.3 is 0 Å². The highest BCUT2D eigenvalue weighted by Crippen LogP contribution is 2.48. The van der Waals surface area contributed by atoms with E-state index in [1.165, 1.54) is 0 Å². The number of nitrogens with one attached hydrogen (secondary N) is 1. The Bertz CT molecular complexity index is 1640. The number of carbonyl (C=O) groups is 2. The quantitative estimate of drug-likeness (QED) is 0.467. The van der Waals surface area contributed by atoms with E-state index < -0.39 is 17.1 Å². The lowest BCUT2D eigenvalue weighted by Gasteiger charge is -2.41. The lowest BCUT2D eigenvalue weighted by atomic mass is 9.64. The molecule has 5 atom stereocenters. The first-order valence-corrected chi connectivity index (χ1v) is 16.0. The highest BCUT2D eigenvalue weighted by atomic mass is 16.5. The number of fused-ring (bicyclic) bond motifs is 4. The molecule has 5 aliphatic rings. The number of hydrogen-bond acceptors (Lipinski definition) is 10. The van der Waals surface area contributed by atoms with Crippen molar-refractivity contribution >= 4 is 34.4 Å². The summed E-state index contributed by atoms with van der Waals surface area (Å²) in [5, 5.41) is 24.4. The fourth-order valence-corrected chi connectivity index (χ4v) is 8.64. The molecular weight excluding hydrogens is 548 g/mol. The van der Waals surface area contributed by atoms with Crippen molar-refractivity contribution in [2.45, 2.75) is 114 Å². The van der Waals surface area contributed by atoms with Crippen molar-refractivity contribution in [3.8, 4) is 11.5 Å². The zero-order valence-electron chi connectivity index (χ0n) is 25.2. The predicted octanol–water partition coefficient (Wildman–Crippen LogP) is 3.53. The van der Waals surface area contributed by atoms with E-state index in [2.05, 4.69) is 29.3 Å². The molecule has 1 amide bonds. The Morgan fingerprint density at radius 2 is 1.91 bits per heavy atom. The summed E-state index contributed by atoms with van der Waals surface area (Å²) < 4.78 is 8.00. The van der Waals surface area contributed by atoms with E-state index in [4.69, 9.17) is 19.6 Å². The van der Waals surface area contributed by atoms with Gasteiger partial charge in [-0.05, 0) is 85.2 Å². The largest absolute Gasteiger partial charge is 0.388 e. The standard InChI is InChI=1S/C31H40N8O4/c1-17(19-9-7-15-37(19)3)39-28-22-25(35-39)34-29(41)20-11-14-30(2,42)16-38(20)27(22)32-26(33-28)23-18-8-6-13-31(24(18)43-36-23)12-5-4-10-21(31)40/h17,19-20,42H,4-16H2,1-3H3,(H,34,35,41)/t17-,19-,20+,30+,31+/m0/s1. The number of aromatic nitrogens is 5. The molecule has 0 unspecified atom stereocenters. The number of hydrogen-bond donors (Lipinski definition) is 2. The first-order valence-electron chi connectivity index (χ1n) is 16.0. The number of amides is 1. The number of aliphatic hydroxyl groups is 1. The summed E-state index contributed by atoms with van der Waals surface area (Å²) in [7, 11) is 2.14. The summed E-state index contributed by atoms with van der Waals surface area (Å²) >= 11 is 0. The molecule has 12 nitrogen and oxygen atoms in total. The number of Topliss-reactive ketones (excluding diaryl/α,β-unsaturated/α-hetero) is 1. The molecule has 43 heavy (non-hydrogen) atoms. The number of nitrogens with zero attached hydrogens (tertiary/aromatic N) is 7. The van der Waals surface area contributed by atoms with Crippen molar-refractivity contribution in [3.05, 3.63) is 11.3 Å². The normalized spacial score (nSPS) is 31.7. The fraction of sp³-hybridized carbons (Fsp3) is 0.677. The number of likely N-dealkylation sites (N-methyl/N-ethyl adjacent to an activating group) is 1. The summed E-state index contributed by atoms with van der Waals surface area (Å²) in [6, 6.07) is -0.219. The van der Waals surface area contributed by atoms with Crippen molar-refractivity contribution in [2.75, 3.05) is 30.4 Å². The predicted molar refractivity (Wildman–Crippen MR) is 159 cm³/mol. The molecule has 8 rings (SSSR count). The second-order valence-electron chi connectivity index (χ2n) is 13.9. The van der Waals surface area contributed by atoms with Crippen molar-refractivity contribution in [1.82, 2.24) is 29.8 Å². The van der Waals surface area contributed by atoms with Crippen LogP contribution in [-0.2, 0) is 21.4 Å². The molecule has 3 aromatic rings. The highest BCUT2D eigenvalue weighted by Gasteiger charge is 2.49. The molecule has 1 saturated carbocycles. The van der Waals surface area contributed by atoms with E-state index in [0.29, 0.717) is 59.2 Å². The number of likely N-dealkylation sites (tertiary alicyclic amines) is 1. The van der Waals surface area contributed by atoms with E-state index in [0.717, 1.165) is 63.5 Å². The van der Waals surface area contributed by atoms with Gasteiger partial charge in [0.05, 0.1) is 17.1 Å². The van der Waals surface area contributed by atoms with Gasteiger partial charge in [0.25, 0.3) is 0 Å². The number of ketones is 1. The Kier molecular flexibility index (Phi) is 6.04. The van der Waals surface area contributed by atoms with Crippen molar-refractivity contribution < 1.29 is 19.2 Å². The highest BCUT2D eigenvalue weighted by molar-refractivity contribution is 6.10. The van der Waals surface area contributed by atoms with Gasteiger partial charge in [-0.15, -0.1) is 0 Å². The third kappa shape index (κ3) is 4.01. The Hall–Kier alpha value is -3.38. The smallest absolute Gasteiger partial charge is 0.248 e. The van der Waals surface area contributed by atoms with Crippen LogP contribution >= 0.6 is 0 Å². The maximum absolute atomic E-state index is 13.6. The van der Waals surface area contributed by atoms with E-state index in [9.17, 15) is 14.7 Å². The van der Waals surface area contributed by atoms with Gasteiger partial charge in [-0.2, -0.15) is 5.10 Å². The Morgan fingerprint density at radius 1 is 1.07 bits per heavy atom. The molecule has 12 heteroatoms. The van der Waals surface area contributed by atoms with Crippen LogP contribution in [0.5, 0.6) is 0 Å². The molecule has 0 aromatic carbocycles. The third-order valence-electron chi connectivity index (χ3n) is 11.0. The van der Waals surface area contributed by atoms with Crippen LogP contribution in [0.1, 0.15) is 95.4 Å². The zero-order chi connectivity index (χ0) is 29.7. The fourth-order valence-electron chi connectivity index (χ4n) is 8.64. The summed E-state index contributed by atoms with van der Waals surface area (Å²) in [5.74, 6) is 2.24. The minimum absolute atomic E-state index is 0.00899. The molecule has 3 aromatic heterocycles. The monoisotopic (exact) mass is 588 g/mol. The van der Waals surface area contributed by atoms with Crippen LogP contribution in [0.4, 0.5) is 11.6 Å². The number of piperidine rings is 1. The van der Waals surface area contributed by atoms with Crippen LogP contribution in [0.15, 0.2) is 4.52 Å². The maximum Gasteiger partial charge on any atom is 0.248 e. The molecule has 1 spiro atoms. The minimum Gasteiger partial charge on any atom is -0.388 e. The lowest BCUT2D eigenvalue weighted by molar-refractivity contribution is -0.128. The van der Waals surface area contributed by atoms with Crippen LogP contribution in [0.3, 0.4) is 0 Å². The Balaban J connectivity index is 1.34. The van der Waals surface area contributed by atoms with Gasteiger partial charge in [-0.1, -0.05) is 11.6 Å². The SMILES string of the molecule is C[C@@H]([C@@H]1CCCN1C)n1nc2c3c(nc(-c4noc5c4CCC[C@@]54CCCCC4=O)nc31)N1C[C@](C)(O)CC[C@@H]1C(=O)N2. The summed E-state index contributed by atoms with van der Waals surface area (Å²) in [4.78, 5) is 41.4. The molecular formula is C31H40N8O4. The van der Waals surface area contributed by atoms with Gasteiger partial charge < -0.3 is 24.7 Å². The molecule has 228 valence electrons. The van der Waals surface area contributed by atoms with Crippen LogP contribution in [0.2, 0.25) is 0 Å². The molecule has 3 fully saturated rings. The Morgan fingerprint density at radius 3 is 2.70 bits per heavy atom. The molecule has 3 aliphatic heterocycles. The molecule has 6 heterocycles. The van der Waals surface area contributed by atoms with Crippen LogP contribution in [0.25, 0.3) is 22.6 Å². The van der Waals surface area contributed by atoms with Crippen LogP contribution < -0.4 is 10.2 Å². The molecule has 0 radical (unpaired) electrons. The summed E-state index contributed by atoms with van der Waals surface area (Å²) in [5.41, 5.74) is 0.540. The first-order chi connectivity index (χ1) is 20.7. The first kappa shape index (κ1) is 27.2. The van der Waals surface area contributed by atoms with Gasteiger partial charge in [0.2, 0.25) is 5.91 Å². The second-order valence-corrected chi connectivity index (χ2v) is 13.9. The van der Waals surface area contributed by atoms with E-state index in [-0.39, 0.29) is 30.3 Å². The Labute approximate surface area is 250 Å². The van der Waals surface area contributed by atoms with Crippen LogP contribution in [-0.4, -0.2) is 84.4 Å². The van der Waals surface area contributed by atoms with Gasteiger partial charge in [0.1, 0.15) is 23.0 Å². The second kappa shape index (κ2) is 9.56. The van der Waals surface area contributed by atoms with Crippen molar-refractivity contribution in [1.29, 1.82) is 0 Å². The molecule has 0 bridgehead atoms. The van der Waals surface area contributed by atoms with Crippen molar-refractivity contribution in [2.24, 2.45) is 0 Å². The van der Waals surface area contributed by atoms with Gasteiger partial charge in [-0.3, -0.25) is 9.59 Å². The minimum atomic E-state index is -0.977. The topological polar surface area (TPSA) is 143 Å². The van der Waals surface area contributed by atoms with Gasteiger partial charge in [0, 0.05) is 24.6 Å². The average molecular weight is 589 g/mol. The molecule has 2 N–H and O–H groups in total. The number of carbonyl (C=O) groups excluding carboxylic acids is 2. The molecule has 2 saturated heterocycles.